The molecule has 0 rings (SSSR count). The van der Waals surface area contributed by atoms with Gasteiger partial charge in [-0.05, 0) is 31.8 Å². The lowest BCUT2D eigenvalue weighted by Crippen LogP contribution is -2.22. The first kappa shape index (κ1) is 13.9. The molecular weight excluding hydrogens is 190 g/mol. The van der Waals surface area contributed by atoms with Gasteiger partial charge in [0, 0.05) is 13.2 Å². The number of rotatable bonds is 8. The van der Waals surface area contributed by atoms with Gasteiger partial charge in [0.25, 0.3) is 0 Å². The summed E-state index contributed by atoms with van der Waals surface area (Å²) >= 11 is 0. The number of amides is 1. The minimum absolute atomic E-state index is 0.0806. The molecule has 0 fully saturated rings. The van der Waals surface area contributed by atoms with Gasteiger partial charge in [0.15, 0.2) is 0 Å². The summed E-state index contributed by atoms with van der Waals surface area (Å²) in [5.41, 5.74) is 0. The van der Waals surface area contributed by atoms with Gasteiger partial charge >= 0.3 is 0 Å². The van der Waals surface area contributed by atoms with E-state index in [2.05, 4.69) is 24.4 Å². The zero-order valence-corrected chi connectivity index (χ0v) is 9.41. The van der Waals surface area contributed by atoms with E-state index in [0.717, 1.165) is 19.3 Å². The highest BCUT2D eigenvalue weighted by atomic mass is 16.3. The van der Waals surface area contributed by atoms with Crippen molar-refractivity contribution < 1.29 is 9.90 Å². The number of aliphatic hydroxyl groups excluding tert-OH is 1. The van der Waals surface area contributed by atoms with E-state index >= 15 is 0 Å². The van der Waals surface area contributed by atoms with E-state index in [1.807, 2.05) is 6.08 Å². The van der Waals surface area contributed by atoms with Crippen LogP contribution in [0.25, 0.3) is 0 Å². The van der Waals surface area contributed by atoms with Gasteiger partial charge in [-0.3, -0.25) is 4.79 Å². The van der Waals surface area contributed by atoms with Crippen LogP contribution < -0.4 is 5.32 Å². The summed E-state index contributed by atoms with van der Waals surface area (Å²) in [6.45, 7) is 2.75. The Bertz CT molecular complexity index is 210. The molecule has 0 aromatic heterocycles. The summed E-state index contributed by atoms with van der Waals surface area (Å²) in [5.74, 6) is -0.0806. The molecule has 3 heteroatoms. The van der Waals surface area contributed by atoms with E-state index < -0.39 is 0 Å². The normalized spacial score (nSPS) is 11.3. The van der Waals surface area contributed by atoms with Gasteiger partial charge in [0.05, 0.1) is 0 Å². The highest BCUT2D eigenvalue weighted by Gasteiger charge is 1.92. The van der Waals surface area contributed by atoms with Gasteiger partial charge in [-0.1, -0.05) is 25.2 Å². The molecule has 3 nitrogen and oxygen atoms in total. The van der Waals surface area contributed by atoms with Crippen LogP contribution >= 0.6 is 0 Å². The predicted molar refractivity (Wildman–Crippen MR) is 62.5 cm³/mol. The Morgan fingerprint density at radius 3 is 2.67 bits per heavy atom. The van der Waals surface area contributed by atoms with Crippen molar-refractivity contribution in [3.8, 4) is 0 Å². The standard InChI is InChI=1S/C12H21NO2/c1-2-3-4-5-6-7-9-12(15)13-10-8-11-14/h3-4,7,9,14H,2,5-6,8,10-11H2,1H3,(H,13,15)/b4-3-,9-7+. The molecule has 0 aromatic rings. The van der Waals surface area contributed by atoms with Crippen molar-refractivity contribution in [3.63, 3.8) is 0 Å². The fourth-order valence-electron chi connectivity index (χ4n) is 1.02. The van der Waals surface area contributed by atoms with Gasteiger partial charge in [-0.15, -0.1) is 0 Å². The summed E-state index contributed by atoms with van der Waals surface area (Å²) in [5, 5.41) is 11.2. The van der Waals surface area contributed by atoms with Crippen LogP contribution in [0.4, 0.5) is 0 Å². The Labute approximate surface area is 91.9 Å². The molecular formula is C12H21NO2. The van der Waals surface area contributed by atoms with Crippen LogP contribution in [0, 0.1) is 0 Å². The van der Waals surface area contributed by atoms with E-state index in [1.54, 1.807) is 6.08 Å². The molecule has 0 atom stereocenters. The second-order valence-corrected chi connectivity index (χ2v) is 3.23. The van der Waals surface area contributed by atoms with Gasteiger partial charge < -0.3 is 10.4 Å². The molecule has 0 aliphatic carbocycles. The van der Waals surface area contributed by atoms with Crippen LogP contribution in [0.2, 0.25) is 0 Å². The molecule has 0 aromatic carbocycles. The lowest BCUT2D eigenvalue weighted by atomic mass is 10.2. The third-order valence-corrected chi connectivity index (χ3v) is 1.81. The molecule has 0 saturated carbocycles. The lowest BCUT2D eigenvalue weighted by Gasteiger charge is -1.98. The summed E-state index contributed by atoms with van der Waals surface area (Å²) in [6.07, 6.45) is 11.2. The number of carbonyl (C=O) groups excluding carboxylic acids is 1. The van der Waals surface area contributed by atoms with Crippen molar-refractivity contribution in [2.45, 2.75) is 32.6 Å². The van der Waals surface area contributed by atoms with Crippen molar-refractivity contribution in [2.75, 3.05) is 13.2 Å². The number of carbonyl (C=O) groups is 1. The van der Waals surface area contributed by atoms with Crippen LogP contribution in [0.1, 0.15) is 32.6 Å². The summed E-state index contributed by atoms with van der Waals surface area (Å²) in [4.78, 5) is 11.1. The van der Waals surface area contributed by atoms with E-state index in [1.165, 1.54) is 0 Å². The second kappa shape index (κ2) is 11.0. The van der Waals surface area contributed by atoms with Gasteiger partial charge in [0.2, 0.25) is 5.91 Å². The largest absolute Gasteiger partial charge is 0.396 e. The number of allylic oxidation sites excluding steroid dienone is 3. The first-order valence-electron chi connectivity index (χ1n) is 5.51. The number of aliphatic hydroxyl groups is 1. The van der Waals surface area contributed by atoms with Crippen LogP contribution in [-0.2, 0) is 4.79 Å². The van der Waals surface area contributed by atoms with Crippen molar-refractivity contribution >= 4 is 5.91 Å². The van der Waals surface area contributed by atoms with Gasteiger partial charge in [-0.2, -0.15) is 0 Å². The minimum Gasteiger partial charge on any atom is -0.396 e. The zero-order valence-electron chi connectivity index (χ0n) is 9.41. The Kier molecular flexibility index (Phi) is 10.2. The third kappa shape index (κ3) is 10.8. The molecule has 1 amide bonds. The molecule has 0 aliphatic rings. The third-order valence-electron chi connectivity index (χ3n) is 1.81. The molecule has 0 bridgehead atoms. The molecule has 0 aliphatic heterocycles. The summed E-state index contributed by atoms with van der Waals surface area (Å²) in [6, 6.07) is 0. The van der Waals surface area contributed by atoms with Crippen molar-refractivity contribution in [1.29, 1.82) is 0 Å². The SMILES string of the molecule is CC/C=C\CC/C=C/C(=O)NCCCO. The maximum atomic E-state index is 11.1. The first-order chi connectivity index (χ1) is 7.31. The lowest BCUT2D eigenvalue weighted by molar-refractivity contribution is -0.116. The average Bonchev–Trinajstić information content (AvgIpc) is 2.23. The minimum atomic E-state index is -0.0806. The number of nitrogens with one attached hydrogen (secondary N) is 1. The molecule has 2 N–H and O–H groups in total. The van der Waals surface area contributed by atoms with Gasteiger partial charge in [0.1, 0.15) is 0 Å². The van der Waals surface area contributed by atoms with E-state index in [4.69, 9.17) is 5.11 Å². The zero-order chi connectivity index (χ0) is 11.4. The number of hydrogen-bond acceptors (Lipinski definition) is 2. The first-order valence-corrected chi connectivity index (χ1v) is 5.51. The van der Waals surface area contributed by atoms with Crippen LogP contribution in [0.5, 0.6) is 0 Å². The van der Waals surface area contributed by atoms with E-state index in [0.29, 0.717) is 13.0 Å². The second-order valence-electron chi connectivity index (χ2n) is 3.23. The highest BCUT2D eigenvalue weighted by molar-refractivity contribution is 5.87. The monoisotopic (exact) mass is 211 g/mol. The molecule has 0 heterocycles. The summed E-state index contributed by atoms with van der Waals surface area (Å²) < 4.78 is 0. The summed E-state index contributed by atoms with van der Waals surface area (Å²) in [7, 11) is 0. The fourth-order valence-corrected chi connectivity index (χ4v) is 1.02. The Morgan fingerprint density at radius 2 is 2.00 bits per heavy atom. The molecule has 0 saturated heterocycles. The molecule has 0 unspecified atom stereocenters. The van der Waals surface area contributed by atoms with Crippen LogP contribution in [0.15, 0.2) is 24.3 Å². The average molecular weight is 211 g/mol. The van der Waals surface area contributed by atoms with Crippen molar-refractivity contribution in [3.05, 3.63) is 24.3 Å². The van der Waals surface area contributed by atoms with Crippen LogP contribution in [-0.4, -0.2) is 24.2 Å². The van der Waals surface area contributed by atoms with Crippen molar-refractivity contribution in [2.24, 2.45) is 0 Å². The number of hydrogen-bond donors (Lipinski definition) is 2. The Balaban J connectivity index is 3.41. The van der Waals surface area contributed by atoms with Gasteiger partial charge in [-0.25, -0.2) is 0 Å². The molecule has 86 valence electrons. The maximum absolute atomic E-state index is 11.1. The van der Waals surface area contributed by atoms with E-state index in [9.17, 15) is 4.79 Å². The molecule has 0 spiro atoms. The Hall–Kier alpha value is -1.09. The fraction of sp³-hybridized carbons (Fsp3) is 0.583. The Morgan fingerprint density at radius 1 is 1.27 bits per heavy atom. The molecule has 15 heavy (non-hydrogen) atoms. The van der Waals surface area contributed by atoms with Crippen LogP contribution in [0.3, 0.4) is 0 Å². The topological polar surface area (TPSA) is 49.3 Å². The van der Waals surface area contributed by atoms with E-state index in [-0.39, 0.29) is 12.5 Å². The van der Waals surface area contributed by atoms with Crippen molar-refractivity contribution in [1.82, 2.24) is 5.32 Å². The maximum Gasteiger partial charge on any atom is 0.243 e. The smallest absolute Gasteiger partial charge is 0.243 e. The molecule has 0 radical (unpaired) electrons. The highest BCUT2D eigenvalue weighted by Crippen LogP contribution is 1.93. The quantitative estimate of drug-likeness (QED) is 0.365. The number of unbranched alkanes of at least 4 members (excludes halogenated alkanes) is 1. The predicted octanol–water partition coefficient (Wildman–Crippen LogP) is 1.79.